The zero-order valence-electron chi connectivity index (χ0n) is 8.54. The fourth-order valence-electron chi connectivity index (χ4n) is 1.32. The van der Waals surface area contributed by atoms with Gasteiger partial charge in [0.2, 0.25) is 0 Å². The van der Waals surface area contributed by atoms with E-state index in [1.165, 1.54) is 24.3 Å². The predicted molar refractivity (Wildman–Crippen MR) is 56.2 cm³/mol. The molecule has 0 heterocycles. The van der Waals surface area contributed by atoms with Crippen molar-refractivity contribution in [1.29, 1.82) is 0 Å². The molecule has 0 bridgehead atoms. The first-order valence-electron chi connectivity index (χ1n) is 4.70. The number of aliphatic hydroxyl groups is 1. The molecule has 0 atom stereocenters. The van der Waals surface area contributed by atoms with Crippen molar-refractivity contribution in [2.24, 2.45) is 0 Å². The van der Waals surface area contributed by atoms with Crippen molar-refractivity contribution in [3.8, 4) is 0 Å². The average Bonchev–Trinajstić information content (AvgIpc) is 2.16. The van der Waals surface area contributed by atoms with Gasteiger partial charge in [-0.25, -0.2) is 0 Å². The van der Waals surface area contributed by atoms with Crippen molar-refractivity contribution in [2.45, 2.75) is 6.18 Å². The van der Waals surface area contributed by atoms with Crippen LogP contribution in [0.4, 0.5) is 24.5 Å². The van der Waals surface area contributed by atoms with Gasteiger partial charge in [0.1, 0.15) is 6.54 Å². The molecule has 0 aromatic heterocycles. The van der Waals surface area contributed by atoms with E-state index in [1.54, 1.807) is 0 Å². The van der Waals surface area contributed by atoms with Crippen LogP contribution in [0.2, 0.25) is 0 Å². The summed E-state index contributed by atoms with van der Waals surface area (Å²) in [5.74, 6) is 0. The quantitative estimate of drug-likeness (QED) is 0.778. The Bertz CT molecular complexity index is 324. The highest BCUT2D eigenvalue weighted by molar-refractivity contribution is 5.53. The van der Waals surface area contributed by atoms with E-state index in [9.17, 15) is 13.2 Å². The van der Waals surface area contributed by atoms with Gasteiger partial charge in [0.15, 0.2) is 0 Å². The summed E-state index contributed by atoms with van der Waals surface area (Å²) in [7, 11) is 0. The lowest BCUT2D eigenvalue weighted by atomic mass is 10.2. The van der Waals surface area contributed by atoms with Crippen LogP contribution in [-0.2, 0) is 0 Å². The summed E-state index contributed by atoms with van der Waals surface area (Å²) in [5, 5.41) is 8.72. The van der Waals surface area contributed by atoms with Gasteiger partial charge in [-0.1, -0.05) is 0 Å². The van der Waals surface area contributed by atoms with Crippen molar-refractivity contribution < 1.29 is 18.3 Å². The minimum Gasteiger partial charge on any atom is -0.399 e. The third-order valence-corrected chi connectivity index (χ3v) is 2.00. The Labute approximate surface area is 91.3 Å². The highest BCUT2D eigenvalue weighted by Gasteiger charge is 2.30. The van der Waals surface area contributed by atoms with E-state index >= 15 is 0 Å². The second-order valence-corrected chi connectivity index (χ2v) is 3.35. The Kier molecular flexibility index (Phi) is 4.00. The van der Waals surface area contributed by atoms with E-state index in [0.29, 0.717) is 11.4 Å². The summed E-state index contributed by atoms with van der Waals surface area (Å²) in [6, 6.07) is 6.04. The summed E-state index contributed by atoms with van der Waals surface area (Å²) in [6.07, 6.45) is -4.30. The molecule has 1 rings (SSSR count). The first-order chi connectivity index (χ1) is 7.42. The maximum Gasteiger partial charge on any atom is 0.405 e. The van der Waals surface area contributed by atoms with Gasteiger partial charge in [0, 0.05) is 17.9 Å². The molecule has 0 saturated carbocycles. The van der Waals surface area contributed by atoms with Crippen LogP contribution >= 0.6 is 0 Å². The van der Waals surface area contributed by atoms with Crippen LogP contribution in [0.3, 0.4) is 0 Å². The van der Waals surface area contributed by atoms with Gasteiger partial charge in [-0.2, -0.15) is 13.2 Å². The van der Waals surface area contributed by atoms with E-state index in [2.05, 4.69) is 0 Å². The minimum absolute atomic E-state index is 0.0660. The molecule has 0 aliphatic carbocycles. The topological polar surface area (TPSA) is 49.5 Å². The lowest BCUT2D eigenvalue weighted by Gasteiger charge is -2.25. The third kappa shape index (κ3) is 3.98. The molecule has 90 valence electrons. The molecule has 3 nitrogen and oxygen atoms in total. The van der Waals surface area contributed by atoms with E-state index in [0.717, 1.165) is 4.90 Å². The number of nitrogen functional groups attached to an aromatic ring is 1. The standard InChI is InChI=1S/C10H13F3N2O/c11-10(12,13)7-15(5-6-16)9-3-1-8(14)2-4-9/h1-4,16H,5-7,14H2. The number of alkyl halides is 3. The SMILES string of the molecule is Nc1ccc(N(CCO)CC(F)(F)F)cc1. The Hall–Kier alpha value is -1.43. The molecule has 0 fully saturated rings. The van der Waals surface area contributed by atoms with E-state index in [-0.39, 0.29) is 13.2 Å². The van der Waals surface area contributed by atoms with Crippen molar-refractivity contribution >= 4 is 11.4 Å². The Morgan fingerprint density at radius 3 is 2.19 bits per heavy atom. The molecule has 0 spiro atoms. The Morgan fingerprint density at radius 2 is 1.75 bits per heavy atom. The number of nitrogens with zero attached hydrogens (tertiary/aromatic N) is 1. The fraction of sp³-hybridized carbons (Fsp3) is 0.400. The first kappa shape index (κ1) is 12.6. The minimum atomic E-state index is -4.30. The van der Waals surface area contributed by atoms with Crippen LogP contribution in [0, 0.1) is 0 Å². The molecule has 16 heavy (non-hydrogen) atoms. The molecule has 1 aromatic carbocycles. The molecule has 1 aromatic rings. The Balaban J connectivity index is 2.80. The lowest BCUT2D eigenvalue weighted by molar-refractivity contribution is -0.119. The van der Waals surface area contributed by atoms with Crippen LogP contribution in [0.5, 0.6) is 0 Å². The summed E-state index contributed by atoms with van der Waals surface area (Å²) in [4.78, 5) is 1.06. The number of rotatable bonds is 4. The third-order valence-electron chi connectivity index (χ3n) is 2.00. The van der Waals surface area contributed by atoms with Gasteiger partial charge in [-0.05, 0) is 24.3 Å². The largest absolute Gasteiger partial charge is 0.405 e. The van der Waals surface area contributed by atoms with Crippen molar-refractivity contribution in [2.75, 3.05) is 30.3 Å². The average molecular weight is 234 g/mol. The van der Waals surface area contributed by atoms with Crippen molar-refractivity contribution in [1.82, 2.24) is 0 Å². The lowest BCUT2D eigenvalue weighted by Crippen LogP contribution is -2.36. The van der Waals surface area contributed by atoms with Crippen LogP contribution in [-0.4, -0.2) is 31.0 Å². The summed E-state index contributed by atoms with van der Waals surface area (Å²) >= 11 is 0. The monoisotopic (exact) mass is 234 g/mol. The van der Waals surface area contributed by atoms with Gasteiger partial charge in [0.25, 0.3) is 0 Å². The van der Waals surface area contributed by atoms with Gasteiger partial charge in [-0.3, -0.25) is 0 Å². The zero-order valence-corrected chi connectivity index (χ0v) is 8.54. The van der Waals surface area contributed by atoms with Gasteiger partial charge in [-0.15, -0.1) is 0 Å². The Morgan fingerprint density at radius 1 is 1.19 bits per heavy atom. The molecular formula is C10H13F3N2O. The number of hydrogen-bond acceptors (Lipinski definition) is 3. The van der Waals surface area contributed by atoms with Gasteiger partial charge in [0.05, 0.1) is 6.61 Å². The van der Waals surface area contributed by atoms with Crippen LogP contribution in [0.1, 0.15) is 0 Å². The highest BCUT2D eigenvalue weighted by Crippen LogP contribution is 2.22. The summed E-state index contributed by atoms with van der Waals surface area (Å²) < 4.78 is 36.7. The van der Waals surface area contributed by atoms with E-state index in [4.69, 9.17) is 10.8 Å². The number of anilines is 2. The summed E-state index contributed by atoms with van der Waals surface area (Å²) in [6.45, 7) is -1.48. The molecule has 0 aliphatic heterocycles. The smallest absolute Gasteiger partial charge is 0.399 e. The number of hydrogen-bond donors (Lipinski definition) is 2. The molecule has 0 amide bonds. The van der Waals surface area contributed by atoms with Crippen LogP contribution in [0.25, 0.3) is 0 Å². The zero-order chi connectivity index (χ0) is 12.2. The maximum atomic E-state index is 12.2. The van der Waals surface area contributed by atoms with Gasteiger partial charge >= 0.3 is 6.18 Å². The number of aliphatic hydroxyl groups excluding tert-OH is 1. The number of benzene rings is 1. The second kappa shape index (κ2) is 5.07. The molecule has 3 N–H and O–H groups in total. The summed E-state index contributed by atoms with van der Waals surface area (Å²) in [5.41, 5.74) is 6.31. The number of halogens is 3. The highest BCUT2D eigenvalue weighted by atomic mass is 19.4. The van der Waals surface area contributed by atoms with Crippen molar-refractivity contribution in [3.05, 3.63) is 24.3 Å². The molecule has 0 radical (unpaired) electrons. The second-order valence-electron chi connectivity index (χ2n) is 3.35. The number of nitrogens with two attached hydrogens (primary N) is 1. The molecular weight excluding hydrogens is 221 g/mol. The predicted octanol–water partition coefficient (Wildman–Crippen LogP) is 1.63. The molecule has 0 saturated heterocycles. The van der Waals surface area contributed by atoms with Gasteiger partial charge < -0.3 is 15.7 Å². The fourth-order valence-corrected chi connectivity index (χ4v) is 1.32. The molecule has 0 aliphatic rings. The van der Waals surface area contributed by atoms with E-state index in [1.807, 2.05) is 0 Å². The van der Waals surface area contributed by atoms with Crippen molar-refractivity contribution in [3.63, 3.8) is 0 Å². The molecule has 0 unspecified atom stereocenters. The maximum absolute atomic E-state index is 12.2. The van der Waals surface area contributed by atoms with E-state index < -0.39 is 12.7 Å². The van der Waals surface area contributed by atoms with Crippen LogP contribution in [0.15, 0.2) is 24.3 Å². The molecule has 6 heteroatoms. The van der Waals surface area contributed by atoms with Crippen LogP contribution < -0.4 is 10.6 Å². The first-order valence-corrected chi connectivity index (χ1v) is 4.70. The normalized spacial score (nSPS) is 11.5.